The van der Waals surface area contributed by atoms with Gasteiger partial charge < -0.3 is 15.4 Å². The van der Waals surface area contributed by atoms with E-state index < -0.39 is 0 Å². The second-order valence-electron chi connectivity index (χ2n) is 5.67. The molecule has 1 aromatic heterocycles. The van der Waals surface area contributed by atoms with Gasteiger partial charge in [0.15, 0.2) is 0 Å². The van der Waals surface area contributed by atoms with Crippen molar-refractivity contribution in [1.82, 2.24) is 9.97 Å². The molecule has 26 heavy (non-hydrogen) atoms. The molecule has 1 heterocycles. The third-order valence-electron chi connectivity index (χ3n) is 3.63. The fourth-order valence-electron chi connectivity index (χ4n) is 2.46. The molecule has 1 amide bonds. The second-order valence-corrected chi connectivity index (χ2v) is 5.67. The van der Waals surface area contributed by atoms with Crippen molar-refractivity contribution in [2.24, 2.45) is 0 Å². The summed E-state index contributed by atoms with van der Waals surface area (Å²) < 4.78 is 5.53. The number of benzene rings is 2. The minimum atomic E-state index is -0.327. The molecule has 6 nitrogen and oxygen atoms in total. The minimum Gasteiger partial charge on any atom is -0.492 e. The average Bonchev–Trinajstić information content (AvgIpc) is 2.64. The van der Waals surface area contributed by atoms with Crippen LogP contribution in [0.2, 0.25) is 0 Å². The Labute approximate surface area is 152 Å². The lowest BCUT2D eigenvalue weighted by Gasteiger charge is -2.11. The molecule has 0 fully saturated rings. The molecule has 3 rings (SSSR count). The van der Waals surface area contributed by atoms with Crippen molar-refractivity contribution in [2.45, 2.75) is 13.8 Å². The van der Waals surface area contributed by atoms with Gasteiger partial charge in [0.05, 0.1) is 12.3 Å². The van der Waals surface area contributed by atoms with Gasteiger partial charge in [0.1, 0.15) is 23.6 Å². The minimum absolute atomic E-state index is 0.265. The Morgan fingerprint density at radius 2 is 1.92 bits per heavy atom. The number of hydrogen-bond acceptors (Lipinski definition) is 5. The Balaban J connectivity index is 1.76. The monoisotopic (exact) mass is 348 g/mol. The molecule has 2 N–H and O–H groups in total. The van der Waals surface area contributed by atoms with Gasteiger partial charge >= 0.3 is 0 Å². The molecule has 0 aliphatic rings. The Morgan fingerprint density at radius 1 is 1.08 bits per heavy atom. The maximum atomic E-state index is 12.5. The van der Waals surface area contributed by atoms with Gasteiger partial charge in [-0.1, -0.05) is 24.3 Å². The Hall–Kier alpha value is -3.41. The van der Waals surface area contributed by atoms with Crippen molar-refractivity contribution in [3.63, 3.8) is 0 Å². The van der Waals surface area contributed by atoms with Crippen LogP contribution < -0.4 is 15.4 Å². The number of anilines is 3. The highest BCUT2D eigenvalue weighted by atomic mass is 16.5. The van der Waals surface area contributed by atoms with E-state index in [0.29, 0.717) is 23.9 Å². The van der Waals surface area contributed by atoms with Gasteiger partial charge in [-0.25, -0.2) is 9.97 Å². The summed E-state index contributed by atoms with van der Waals surface area (Å²) in [6, 6.07) is 16.8. The molecule has 0 unspecified atom stereocenters. The molecule has 0 aliphatic heterocycles. The first-order valence-corrected chi connectivity index (χ1v) is 8.34. The lowest BCUT2D eigenvalue weighted by molar-refractivity contribution is 0.102. The maximum absolute atomic E-state index is 12.5. The van der Waals surface area contributed by atoms with Gasteiger partial charge in [-0.3, -0.25) is 4.79 Å². The number of ether oxygens (including phenoxy) is 1. The summed E-state index contributed by atoms with van der Waals surface area (Å²) >= 11 is 0. The number of carbonyl (C=O) groups excluding carboxylic acids is 1. The molecular formula is C20H20N4O2. The number of amides is 1. The zero-order chi connectivity index (χ0) is 18.4. The van der Waals surface area contributed by atoms with Crippen molar-refractivity contribution in [3.05, 3.63) is 72.2 Å². The predicted molar refractivity (Wildman–Crippen MR) is 102 cm³/mol. The lowest BCUT2D eigenvalue weighted by atomic mass is 10.2. The number of nitrogens with zero attached hydrogens (tertiary/aromatic N) is 2. The quantitative estimate of drug-likeness (QED) is 0.699. The molecule has 0 saturated carbocycles. The molecular weight excluding hydrogens is 328 g/mol. The van der Waals surface area contributed by atoms with Crippen LogP contribution in [0.4, 0.5) is 17.2 Å². The standard InChI is InChI=1S/C20H20N4O2/c1-3-26-18-10-5-4-9-16(18)24-20(25)17-12-19(22-13-21-17)23-15-8-6-7-14(2)11-15/h4-13H,3H2,1-2H3,(H,24,25)(H,21,22,23). The Kier molecular flexibility index (Phi) is 5.43. The Morgan fingerprint density at radius 3 is 2.73 bits per heavy atom. The van der Waals surface area contributed by atoms with Crippen LogP contribution in [0.1, 0.15) is 23.0 Å². The summed E-state index contributed by atoms with van der Waals surface area (Å²) in [7, 11) is 0. The SMILES string of the molecule is CCOc1ccccc1NC(=O)c1cc(Nc2cccc(C)c2)ncn1. The molecule has 132 valence electrons. The zero-order valence-corrected chi connectivity index (χ0v) is 14.7. The van der Waals surface area contributed by atoms with E-state index in [-0.39, 0.29) is 11.6 Å². The zero-order valence-electron chi connectivity index (χ0n) is 14.7. The van der Waals surface area contributed by atoms with Gasteiger partial charge in [-0.2, -0.15) is 0 Å². The van der Waals surface area contributed by atoms with E-state index in [1.165, 1.54) is 6.33 Å². The van der Waals surface area contributed by atoms with Crippen molar-refractivity contribution < 1.29 is 9.53 Å². The first kappa shape index (κ1) is 17.4. The van der Waals surface area contributed by atoms with Crippen molar-refractivity contribution >= 4 is 23.1 Å². The second kappa shape index (κ2) is 8.11. The first-order valence-electron chi connectivity index (χ1n) is 8.34. The molecule has 0 radical (unpaired) electrons. The molecule has 3 aromatic rings. The van der Waals surface area contributed by atoms with Crippen LogP contribution in [0.3, 0.4) is 0 Å². The van der Waals surface area contributed by atoms with Crippen molar-refractivity contribution in [1.29, 1.82) is 0 Å². The van der Waals surface area contributed by atoms with E-state index >= 15 is 0 Å². The summed E-state index contributed by atoms with van der Waals surface area (Å²) in [6.07, 6.45) is 1.36. The van der Waals surface area contributed by atoms with Gasteiger partial charge in [-0.05, 0) is 43.7 Å². The summed E-state index contributed by atoms with van der Waals surface area (Å²) in [5.74, 6) is 0.844. The topological polar surface area (TPSA) is 76.1 Å². The average molecular weight is 348 g/mol. The summed E-state index contributed by atoms with van der Waals surface area (Å²) in [5, 5.41) is 6.01. The number of para-hydroxylation sites is 2. The van der Waals surface area contributed by atoms with E-state index in [1.807, 2.05) is 56.3 Å². The molecule has 0 aliphatic carbocycles. The van der Waals surface area contributed by atoms with Gasteiger partial charge in [0.2, 0.25) is 0 Å². The van der Waals surface area contributed by atoms with Crippen molar-refractivity contribution in [2.75, 3.05) is 17.2 Å². The van der Waals surface area contributed by atoms with E-state index in [9.17, 15) is 4.79 Å². The highest BCUT2D eigenvalue weighted by Gasteiger charge is 2.12. The normalized spacial score (nSPS) is 10.2. The number of carbonyl (C=O) groups is 1. The summed E-state index contributed by atoms with van der Waals surface area (Å²) in [4.78, 5) is 20.8. The smallest absolute Gasteiger partial charge is 0.274 e. The molecule has 6 heteroatoms. The van der Waals surface area contributed by atoms with Gasteiger partial charge in [0.25, 0.3) is 5.91 Å². The molecule has 0 bridgehead atoms. The molecule has 0 saturated heterocycles. The van der Waals surface area contributed by atoms with Crippen LogP contribution in [-0.4, -0.2) is 22.5 Å². The van der Waals surface area contributed by atoms with E-state index in [1.54, 1.807) is 12.1 Å². The van der Waals surface area contributed by atoms with Crippen LogP contribution in [0.25, 0.3) is 0 Å². The molecule has 0 atom stereocenters. The molecule has 0 spiro atoms. The highest BCUT2D eigenvalue weighted by Crippen LogP contribution is 2.24. The lowest BCUT2D eigenvalue weighted by Crippen LogP contribution is -2.15. The van der Waals surface area contributed by atoms with Crippen LogP contribution >= 0.6 is 0 Å². The number of nitrogens with one attached hydrogen (secondary N) is 2. The third kappa shape index (κ3) is 4.36. The molecule has 2 aromatic carbocycles. The first-order chi connectivity index (χ1) is 12.7. The number of aryl methyl sites for hydroxylation is 1. The third-order valence-corrected chi connectivity index (χ3v) is 3.63. The van der Waals surface area contributed by atoms with E-state index in [0.717, 1.165) is 11.3 Å². The van der Waals surface area contributed by atoms with Crippen molar-refractivity contribution in [3.8, 4) is 5.75 Å². The highest BCUT2D eigenvalue weighted by molar-refractivity contribution is 6.04. The van der Waals surface area contributed by atoms with Crippen LogP contribution in [0.15, 0.2) is 60.9 Å². The van der Waals surface area contributed by atoms with E-state index in [4.69, 9.17) is 4.74 Å². The van der Waals surface area contributed by atoms with E-state index in [2.05, 4.69) is 20.6 Å². The Bertz CT molecular complexity index is 912. The number of aromatic nitrogens is 2. The van der Waals surface area contributed by atoms with Crippen LogP contribution in [-0.2, 0) is 0 Å². The van der Waals surface area contributed by atoms with Crippen LogP contribution in [0.5, 0.6) is 5.75 Å². The summed E-state index contributed by atoms with van der Waals surface area (Å²) in [5.41, 5.74) is 2.90. The fraction of sp³-hybridized carbons (Fsp3) is 0.150. The fourth-order valence-corrected chi connectivity index (χ4v) is 2.46. The number of hydrogen-bond donors (Lipinski definition) is 2. The number of rotatable bonds is 6. The van der Waals surface area contributed by atoms with Crippen LogP contribution in [0, 0.1) is 6.92 Å². The predicted octanol–water partition coefficient (Wildman–Crippen LogP) is 4.18. The largest absolute Gasteiger partial charge is 0.492 e. The van der Waals surface area contributed by atoms with Gasteiger partial charge in [-0.15, -0.1) is 0 Å². The van der Waals surface area contributed by atoms with Gasteiger partial charge in [0, 0.05) is 11.8 Å². The summed E-state index contributed by atoms with van der Waals surface area (Å²) in [6.45, 7) is 4.43. The maximum Gasteiger partial charge on any atom is 0.274 e.